The lowest BCUT2D eigenvalue weighted by Gasteiger charge is -2.27. The van der Waals surface area contributed by atoms with Crippen molar-refractivity contribution >= 4 is 77.0 Å². The van der Waals surface area contributed by atoms with Crippen molar-refractivity contribution in [3.63, 3.8) is 0 Å². The number of aromatic nitrogens is 2. The van der Waals surface area contributed by atoms with Gasteiger partial charge in [0.25, 0.3) is 0 Å². The molecule has 1 heterocycles. The fraction of sp³-hybridized carbons (Fsp3) is 0.590. The highest BCUT2D eigenvalue weighted by Gasteiger charge is 2.37. The van der Waals surface area contributed by atoms with E-state index >= 15 is 0 Å². The molecule has 0 saturated carbocycles. The normalized spacial score (nSPS) is 14.9. The largest absolute Gasteiger partial charge is 0.481 e. The summed E-state index contributed by atoms with van der Waals surface area (Å²) in [5.74, 6) is -18.3. The first-order valence-electron chi connectivity index (χ1n) is 21.2. The molecular weight excluding hydrogens is 939 g/mol. The van der Waals surface area contributed by atoms with Crippen molar-refractivity contribution < 1.29 is 87.9 Å². The smallest absolute Gasteiger partial charge is 0.326 e. The minimum atomic E-state index is -2.13. The van der Waals surface area contributed by atoms with Crippen molar-refractivity contribution in [2.75, 3.05) is 13.2 Å². The number of aliphatic carboxylic acids is 3. The SMILES string of the molecule is CC(C)C[C@H](NC(=O)[C@H](CC(=O)O)NC(=O)[C@H](CC(N)=O)NC(=O)[C@@H](N)CO)C(=O)N[C@@H](CC(N)=O)C(=O)N[C@@H](CC(=O)O)C(=O)N[C@@H](CO)C(=O)N[C@@H](Cc1cnc[nH]1)C(=O)N[C@H](C(=O)O)C(C)C. The molecule has 0 radical (unpaired) electrons. The maximum atomic E-state index is 13.7. The number of aromatic amines is 1. The topological polar surface area (TPSA) is 526 Å². The molecule has 31 heteroatoms. The van der Waals surface area contributed by atoms with Gasteiger partial charge in [0.2, 0.25) is 59.1 Å². The predicted molar refractivity (Wildman–Crippen MR) is 234 cm³/mol. The van der Waals surface area contributed by atoms with Crippen LogP contribution in [0.3, 0.4) is 0 Å². The molecule has 10 amide bonds. The number of carbonyl (C=O) groups excluding carboxylic acids is 10. The number of H-pyrrole nitrogens is 1. The lowest BCUT2D eigenvalue weighted by molar-refractivity contribution is -0.143. The first-order valence-corrected chi connectivity index (χ1v) is 21.2. The van der Waals surface area contributed by atoms with Gasteiger partial charge in [-0.25, -0.2) is 9.78 Å². The molecule has 0 aliphatic carbocycles. The van der Waals surface area contributed by atoms with E-state index in [1.807, 2.05) is 21.3 Å². The third-order valence-corrected chi connectivity index (χ3v) is 9.63. The zero-order chi connectivity index (χ0) is 53.6. The van der Waals surface area contributed by atoms with Crippen LogP contribution < -0.4 is 59.7 Å². The first-order chi connectivity index (χ1) is 32.6. The Morgan fingerprint density at radius 1 is 0.529 bits per heavy atom. The number of primary amides is 2. The van der Waals surface area contributed by atoms with Gasteiger partial charge in [-0.1, -0.05) is 27.7 Å². The average Bonchev–Trinajstić information content (AvgIpc) is 3.77. The van der Waals surface area contributed by atoms with E-state index in [1.165, 1.54) is 26.4 Å². The number of carboxylic acids is 3. The van der Waals surface area contributed by atoms with Crippen LogP contribution in [-0.2, 0) is 68.7 Å². The number of aliphatic hydroxyl groups excluding tert-OH is 2. The van der Waals surface area contributed by atoms with Crippen LogP contribution in [0.2, 0.25) is 0 Å². The highest BCUT2D eigenvalue weighted by atomic mass is 16.4. The Hall–Kier alpha value is -7.80. The summed E-state index contributed by atoms with van der Waals surface area (Å²) in [6.45, 7) is 4.07. The molecule has 0 bridgehead atoms. The molecule has 0 saturated heterocycles. The van der Waals surface area contributed by atoms with Gasteiger partial charge < -0.3 is 90.3 Å². The van der Waals surface area contributed by atoms with E-state index < -0.39 is 182 Å². The summed E-state index contributed by atoms with van der Waals surface area (Å²) in [5, 5.41) is 65.0. The van der Waals surface area contributed by atoms with Gasteiger partial charge in [0, 0.05) is 18.3 Å². The summed E-state index contributed by atoms with van der Waals surface area (Å²) in [7, 11) is 0. The van der Waals surface area contributed by atoms with Gasteiger partial charge in [0.15, 0.2) is 0 Å². The summed E-state index contributed by atoms with van der Waals surface area (Å²) < 4.78 is 0. The van der Waals surface area contributed by atoms with Crippen LogP contribution in [-0.4, -0.2) is 180 Å². The van der Waals surface area contributed by atoms with Crippen LogP contribution in [0.5, 0.6) is 0 Å². The van der Waals surface area contributed by atoms with Gasteiger partial charge in [-0.2, -0.15) is 0 Å². The number of imidazole rings is 1. The second-order valence-corrected chi connectivity index (χ2v) is 16.4. The lowest BCUT2D eigenvalue weighted by Crippen LogP contribution is -2.61. The number of carboxylic acid groups (broad SMARTS) is 3. The minimum Gasteiger partial charge on any atom is -0.481 e. The fourth-order valence-electron chi connectivity index (χ4n) is 6.07. The molecule has 0 spiro atoms. The van der Waals surface area contributed by atoms with Crippen LogP contribution >= 0.6 is 0 Å². The van der Waals surface area contributed by atoms with E-state index in [0.29, 0.717) is 0 Å². The number of hydrogen-bond donors (Lipinski definition) is 17. The predicted octanol–water partition coefficient (Wildman–Crippen LogP) is -8.37. The Morgan fingerprint density at radius 2 is 0.900 bits per heavy atom. The van der Waals surface area contributed by atoms with Crippen LogP contribution in [0, 0.1) is 11.8 Å². The summed E-state index contributed by atoms with van der Waals surface area (Å²) in [4.78, 5) is 172. The van der Waals surface area contributed by atoms with Crippen LogP contribution in [0.4, 0.5) is 0 Å². The zero-order valence-electron chi connectivity index (χ0n) is 38.4. The Balaban J connectivity index is 3.40. The van der Waals surface area contributed by atoms with Crippen LogP contribution in [0.15, 0.2) is 12.5 Å². The van der Waals surface area contributed by atoms with E-state index in [1.54, 1.807) is 13.8 Å². The molecule has 0 fully saturated rings. The quantitative estimate of drug-likeness (QED) is 0.0319. The fourth-order valence-corrected chi connectivity index (χ4v) is 6.07. The van der Waals surface area contributed by atoms with Gasteiger partial charge in [-0.15, -0.1) is 0 Å². The molecule has 0 unspecified atom stereocenters. The van der Waals surface area contributed by atoms with Crippen molar-refractivity contribution in [3.05, 3.63) is 18.2 Å². The average molecular weight is 1000 g/mol. The molecule has 70 heavy (non-hydrogen) atoms. The third kappa shape index (κ3) is 21.4. The van der Waals surface area contributed by atoms with Crippen molar-refractivity contribution in [3.8, 4) is 0 Å². The molecule has 0 aromatic carbocycles. The van der Waals surface area contributed by atoms with Crippen molar-refractivity contribution in [2.24, 2.45) is 29.0 Å². The van der Waals surface area contributed by atoms with Crippen LogP contribution in [0.25, 0.3) is 0 Å². The number of rotatable bonds is 32. The Labute approximate surface area is 397 Å². The van der Waals surface area contributed by atoms with E-state index in [-0.39, 0.29) is 18.5 Å². The maximum absolute atomic E-state index is 13.7. The van der Waals surface area contributed by atoms with E-state index in [2.05, 4.69) is 31.2 Å². The van der Waals surface area contributed by atoms with Gasteiger partial charge in [-0.05, 0) is 18.3 Å². The van der Waals surface area contributed by atoms with Crippen molar-refractivity contribution in [2.45, 2.75) is 121 Å². The summed E-state index contributed by atoms with van der Waals surface area (Å²) in [6.07, 6.45) is -2.30. The number of nitrogens with two attached hydrogens (primary N) is 3. The minimum absolute atomic E-state index is 0.271. The van der Waals surface area contributed by atoms with E-state index in [0.717, 1.165) is 0 Å². The van der Waals surface area contributed by atoms with Gasteiger partial charge in [0.05, 0.1) is 45.2 Å². The Kier molecular flexibility index (Phi) is 25.1. The monoisotopic (exact) mass is 999 g/mol. The third-order valence-electron chi connectivity index (χ3n) is 9.63. The van der Waals surface area contributed by atoms with E-state index in [9.17, 15) is 82.8 Å². The number of amides is 10. The molecule has 31 nitrogen and oxygen atoms in total. The molecular formula is C39H61N13O18. The number of nitrogens with one attached hydrogen (secondary N) is 9. The van der Waals surface area contributed by atoms with Gasteiger partial charge in [-0.3, -0.25) is 57.5 Å². The first kappa shape index (κ1) is 60.2. The Morgan fingerprint density at radius 3 is 1.26 bits per heavy atom. The van der Waals surface area contributed by atoms with Gasteiger partial charge in [0.1, 0.15) is 54.4 Å². The molecule has 390 valence electrons. The second kappa shape index (κ2) is 29.2. The summed E-state index contributed by atoms with van der Waals surface area (Å²) in [5.41, 5.74) is 16.2. The summed E-state index contributed by atoms with van der Waals surface area (Å²) >= 11 is 0. The highest BCUT2D eigenvalue weighted by Crippen LogP contribution is 2.10. The molecule has 20 N–H and O–H groups in total. The standard InChI is InChI=1S/C39H61N13O18/c1-15(2)5-19(46-35(65)23(9-28(57)58)49-33(63)21(7-26(41)55)45-31(61)18(40)12-53)32(62)48-22(8-27(42)56)34(64)50-24(10-29(59)60)36(66)51-25(13-54)38(68)47-20(6-17-11-43-14-44-17)37(67)52-30(16(3)4)39(69)70/h11,14-16,18-25,30,53-54H,5-10,12-13,40H2,1-4H3,(H2,41,55)(H2,42,56)(H,43,44)(H,45,61)(H,46,65)(H,47,68)(H,48,62)(H,49,63)(H,50,64)(H,51,66)(H,52,67)(H,57,58)(H,59,60)(H,69,70)/t18-,19-,20-,21-,22-,23-,24-,25-,30-/m0/s1. The number of carbonyl (C=O) groups is 13. The summed E-state index contributed by atoms with van der Waals surface area (Å²) in [6, 6.07) is -16.2. The van der Waals surface area contributed by atoms with Gasteiger partial charge >= 0.3 is 17.9 Å². The van der Waals surface area contributed by atoms with E-state index in [4.69, 9.17) is 22.3 Å². The van der Waals surface area contributed by atoms with Crippen LogP contribution in [0.1, 0.15) is 65.5 Å². The molecule has 1 aromatic heterocycles. The molecule has 0 aliphatic heterocycles. The number of hydrogen-bond acceptors (Lipinski definition) is 17. The number of nitrogens with zero attached hydrogens (tertiary/aromatic N) is 1. The van der Waals surface area contributed by atoms with Crippen molar-refractivity contribution in [1.82, 2.24) is 52.5 Å². The zero-order valence-corrected chi connectivity index (χ0v) is 38.4. The molecule has 9 atom stereocenters. The van der Waals surface area contributed by atoms with Crippen molar-refractivity contribution in [1.29, 1.82) is 0 Å². The molecule has 1 aromatic rings. The lowest BCUT2D eigenvalue weighted by atomic mass is 10.0. The second-order valence-electron chi connectivity index (χ2n) is 16.4. The highest BCUT2D eigenvalue weighted by molar-refractivity contribution is 6.00. The number of aliphatic hydroxyl groups is 2. The molecule has 1 rings (SSSR count). The Bertz CT molecular complexity index is 2070. The maximum Gasteiger partial charge on any atom is 0.326 e. The molecule has 0 aliphatic rings.